The summed E-state index contributed by atoms with van der Waals surface area (Å²) >= 11 is 0. The first-order chi connectivity index (χ1) is 9.63. The molecule has 0 aliphatic heterocycles. The second kappa shape index (κ2) is 5.62. The maximum atomic E-state index is 10.9. The van der Waals surface area contributed by atoms with E-state index in [2.05, 4.69) is 20.6 Å². The molecule has 8 heteroatoms. The zero-order valence-electron chi connectivity index (χ0n) is 10.5. The molecule has 2 rings (SSSR count). The largest absolute Gasteiger partial charge is 0.357 e. The van der Waals surface area contributed by atoms with Crippen LogP contribution in [-0.2, 0) is 0 Å². The maximum absolute atomic E-state index is 10.9. The second-order valence-corrected chi connectivity index (χ2v) is 3.75. The molecule has 1 aromatic carbocycles. The van der Waals surface area contributed by atoms with Gasteiger partial charge in [0.15, 0.2) is 0 Å². The Hall–Kier alpha value is -3.21. The summed E-state index contributed by atoms with van der Waals surface area (Å²) in [7, 11) is 1.61. The highest BCUT2D eigenvalue weighted by atomic mass is 16.6. The van der Waals surface area contributed by atoms with Crippen LogP contribution in [0.4, 0.5) is 23.1 Å². The van der Waals surface area contributed by atoms with E-state index in [9.17, 15) is 10.1 Å². The predicted molar refractivity (Wildman–Crippen MR) is 72.7 cm³/mol. The van der Waals surface area contributed by atoms with E-state index in [1.165, 1.54) is 0 Å². The standard InChI is InChI=1S/C12H10N6O2/c1-14-12-15-7-10(18(19)20)11(17-12)16-9-4-2-3-8(5-9)6-13/h2-5,7H,1H3,(H2,14,15,16,17). The van der Waals surface area contributed by atoms with Crippen LogP contribution in [0.2, 0.25) is 0 Å². The third kappa shape index (κ3) is 2.78. The summed E-state index contributed by atoms with van der Waals surface area (Å²) in [4.78, 5) is 18.2. The van der Waals surface area contributed by atoms with E-state index in [1.807, 2.05) is 6.07 Å². The minimum Gasteiger partial charge on any atom is -0.357 e. The minimum absolute atomic E-state index is 0.0597. The molecule has 0 aliphatic rings. The Morgan fingerprint density at radius 2 is 2.25 bits per heavy atom. The second-order valence-electron chi connectivity index (χ2n) is 3.75. The third-order valence-corrected chi connectivity index (χ3v) is 2.44. The van der Waals surface area contributed by atoms with Crippen LogP contribution in [0.15, 0.2) is 30.5 Å². The van der Waals surface area contributed by atoms with Crippen molar-refractivity contribution in [3.05, 3.63) is 46.1 Å². The monoisotopic (exact) mass is 270 g/mol. The van der Waals surface area contributed by atoms with Gasteiger partial charge in [0.25, 0.3) is 0 Å². The quantitative estimate of drug-likeness (QED) is 0.644. The van der Waals surface area contributed by atoms with Crippen molar-refractivity contribution in [3.63, 3.8) is 0 Å². The molecule has 20 heavy (non-hydrogen) atoms. The number of rotatable bonds is 4. The van der Waals surface area contributed by atoms with Gasteiger partial charge in [-0.25, -0.2) is 4.98 Å². The van der Waals surface area contributed by atoms with Gasteiger partial charge < -0.3 is 10.6 Å². The van der Waals surface area contributed by atoms with Crippen molar-refractivity contribution >= 4 is 23.1 Å². The molecular weight excluding hydrogens is 260 g/mol. The summed E-state index contributed by atoms with van der Waals surface area (Å²) < 4.78 is 0. The van der Waals surface area contributed by atoms with Crippen LogP contribution >= 0.6 is 0 Å². The van der Waals surface area contributed by atoms with Crippen molar-refractivity contribution in [1.29, 1.82) is 5.26 Å². The fraction of sp³-hybridized carbons (Fsp3) is 0.0833. The average molecular weight is 270 g/mol. The van der Waals surface area contributed by atoms with E-state index in [-0.39, 0.29) is 17.5 Å². The summed E-state index contributed by atoms with van der Waals surface area (Å²) in [6, 6.07) is 8.57. The Balaban J connectivity index is 2.40. The summed E-state index contributed by atoms with van der Waals surface area (Å²) in [5.74, 6) is 0.318. The van der Waals surface area contributed by atoms with Gasteiger partial charge in [0.1, 0.15) is 6.20 Å². The lowest BCUT2D eigenvalue weighted by molar-refractivity contribution is -0.384. The Morgan fingerprint density at radius 1 is 1.45 bits per heavy atom. The predicted octanol–water partition coefficient (Wildman–Crippen LogP) is 2.04. The fourth-order valence-corrected chi connectivity index (χ4v) is 1.52. The molecule has 0 fully saturated rings. The molecule has 0 unspecified atom stereocenters. The number of nitrogens with one attached hydrogen (secondary N) is 2. The van der Waals surface area contributed by atoms with E-state index in [0.717, 1.165) is 6.20 Å². The molecule has 100 valence electrons. The molecule has 8 nitrogen and oxygen atoms in total. The van der Waals surface area contributed by atoms with Gasteiger partial charge in [0.2, 0.25) is 11.8 Å². The molecule has 0 spiro atoms. The average Bonchev–Trinajstić information content (AvgIpc) is 2.47. The molecular formula is C12H10N6O2. The Bertz CT molecular complexity index is 695. The lowest BCUT2D eigenvalue weighted by Crippen LogP contribution is -2.04. The van der Waals surface area contributed by atoms with Crippen molar-refractivity contribution in [3.8, 4) is 6.07 Å². The first kappa shape index (κ1) is 13.2. The van der Waals surface area contributed by atoms with Crippen LogP contribution in [0, 0.1) is 21.4 Å². The minimum atomic E-state index is -0.573. The van der Waals surface area contributed by atoms with Crippen molar-refractivity contribution in [1.82, 2.24) is 9.97 Å². The molecule has 0 atom stereocenters. The summed E-state index contributed by atoms with van der Waals surface area (Å²) in [5.41, 5.74) is 0.736. The maximum Gasteiger partial charge on any atom is 0.329 e. The first-order valence-electron chi connectivity index (χ1n) is 5.60. The van der Waals surface area contributed by atoms with Crippen molar-refractivity contribution in [2.75, 3.05) is 17.7 Å². The SMILES string of the molecule is CNc1ncc([N+](=O)[O-])c(Nc2cccc(C#N)c2)n1. The molecule has 2 aromatic rings. The topological polar surface area (TPSA) is 117 Å². The van der Waals surface area contributed by atoms with Gasteiger partial charge in [-0.05, 0) is 18.2 Å². The van der Waals surface area contributed by atoms with E-state index in [4.69, 9.17) is 5.26 Å². The van der Waals surface area contributed by atoms with Crippen LogP contribution < -0.4 is 10.6 Å². The highest BCUT2D eigenvalue weighted by molar-refractivity contribution is 5.66. The number of nitrogens with zero attached hydrogens (tertiary/aromatic N) is 4. The van der Waals surface area contributed by atoms with Gasteiger partial charge in [0, 0.05) is 12.7 Å². The fourth-order valence-electron chi connectivity index (χ4n) is 1.52. The number of hydrogen-bond acceptors (Lipinski definition) is 7. The van der Waals surface area contributed by atoms with Crippen LogP contribution in [0.3, 0.4) is 0 Å². The number of anilines is 3. The third-order valence-electron chi connectivity index (χ3n) is 2.44. The van der Waals surface area contributed by atoms with Gasteiger partial charge >= 0.3 is 5.69 Å². The molecule has 0 saturated carbocycles. The van der Waals surface area contributed by atoms with Gasteiger partial charge in [-0.3, -0.25) is 10.1 Å². The Labute approximate surface area is 114 Å². The Morgan fingerprint density at radius 3 is 2.90 bits per heavy atom. The molecule has 0 saturated heterocycles. The van der Waals surface area contributed by atoms with E-state index < -0.39 is 4.92 Å². The molecule has 1 heterocycles. The van der Waals surface area contributed by atoms with Crippen molar-refractivity contribution in [2.45, 2.75) is 0 Å². The van der Waals surface area contributed by atoms with Crippen molar-refractivity contribution in [2.24, 2.45) is 0 Å². The normalized spacial score (nSPS) is 9.60. The smallest absolute Gasteiger partial charge is 0.329 e. The number of hydrogen-bond donors (Lipinski definition) is 2. The Kier molecular flexibility index (Phi) is 3.72. The van der Waals surface area contributed by atoms with E-state index in [1.54, 1.807) is 31.3 Å². The van der Waals surface area contributed by atoms with E-state index >= 15 is 0 Å². The lowest BCUT2D eigenvalue weighted by atomic mass is 10.2. The summed E-state index contributed by atoms with van der Waals surface area (Å²) in [6.45, 7) is 0. The zero-order chi connectivity index (χ0) is 14.5. The molecule has 2 N–H and O–H groups in total. The van der Waals surface area contributed by atoms with Crippen LogP contribution in [-0.4, -0.2) is 21.9 Å². The van der Waals surface area contributed by atoms with Gasteiger partial charge in [-0.1, -0.05) is 6.07 Å². The molecule has 1 aromatic heterocycles. The molecule has 0 amide bonds. The van der Waals surface area contributed by atoms with Gasteiger partial charge in [-0.2, -0.15) is 10.2 Å². The lowest BCUT2D eigenvalue weighted by Gasteiger charge is -2.07. The van der Waals surface area contributed by atoms with E-state index in [0.29, 0.717) is 11.3 Å². The number of nitro groups is 1. The highest BCUT2D eigenvalue weighted by Crippen LogP contribution is 2.25. The zero-order valence-corrected chi connectivity index (χ0v) is 10.5. The van der Waals surface area contributed by atoms with Crippen molar-refractivity contribution < 1.29 is 4.92 Å². The van der Waals surface area contributed by atoms with Crippen LogP contribution in [0.1, 0.15) is 5.56 Å². The highest BCUT2D eigenvalue weighted by Gasteiger charge is 2.17. The first-order valence-corrected chi connectivity index (χ1v) is 5.60. The van der Waals surface area contributed by atoms with Crippen LogP contribution in [0.25, 0.3) is 0 Å². The summed E-state index contributed by atoms with van der Waals surface area (Å²) in [6.07, 6.45) is 1.12. The number of aromatic nitrogens is 2. The molecule has 0 aliphatic carbocycles. The number of nitriles is 1. The molecule has 0 bridgehead atoms. The van der Waals surface area contributed by atoms with Gasteiger partial charge in [0.05, 0.1) is 16.6 Å². The summed E-state index contributed by atoms with van der Waals surface area (Å²) in [5, 5.41) is 25.3. The van der Waals surface area contributed by atoms with Gasteiger partial charge in [-0.15, -0.1) is 0 Å². The molecule has 0 radical (unpaired) electrons. The number of benzene rings is 1. The van der Waals surface area contributed by atoms with Crippen LogP contribution in [0.5, 0.6) is 0 Å².